The van der Waals surface area contributed by atoms with Crippen LogP contribution in [0.1, 0.15) is 46.5 Å². The van der Waals surface area contributed by atoms with E-state index in [1.165, 1.54) is 29.0 Å². The van der Waals surface area contributed by atoms with E-state index in [1.807, 2.05) is 6.20 Å². The Kier molecular flexibility index (Phi) is 4.60. The summed E-state index contributed by atoms with van der Waals surface area (Å²) in [5, 5.41) is 13.5. The molecule has 0 radical (unpaired) electrons. The van der Waals surface area contributed by atoms with Crippen LogP contribution in [-0.2, 0) is 24.1 Å². The van der Waals surface area contributed by atoms with E-state index in [1.54, 1.807) is 11.3 Å². The largest absolute Gasteiger partial charge is 0.371 e. The van der Waals surface area contributed by atoms with Gasteiger partial charge in [0.1, 0.15) is 11.1 Å². The van der Waals surface area contributed by atoms with E-state index in [9.17, 15) is 0 Å². The van der Waals surface area contributed by atoms with Crippen LogP contribution in [-0.4, -0.2) is 41.4 Å². The molecule has 0 bridgehead atoms. The number of nitrogens with one attached hydrogen (secondary N) is 1. The van der Waals surface area contributed by atoms with E-state index in [4.69, 9.17) is 4.74 Å². The summed E-state index contributed by atoms with van der Waals surface area (Å²) in [5.41, 5.74) is 2.61. The Morgan fingerprint density at radius 2 is 2.19 bits per heavy atom. The van der Waals surface area contributed by atoms with Gasteiger partial charge >= 0.3 is 0 Å². The molecule has 3 aliphatic rings. The van der Waals surface area contributed by atoms with Gasteiger partial charge in [-0.2, -0.15) is 5.10 Å². The quantitative estimate of drug-likeness (QED) is 0.842. The Bertz CT molecular complexity index is 767. The van der Waals surface area contributed by atoms with Crippen LogP contribution in [0.2, 0.25) is 0 Å². The molecule has 2 aromatic rings. The average molecular weight is 372 g/mol. The molecule has 2 aromatic heterocycles. The highest BCUT2D eigenvalue weighted by atomic mass is 32.1. The van der Waals surface area contributed by atoms with Crippen molar-refractivity contribution in [2.24, 2.45) is 5.92 Å². The number of aryl methyl sites for hydroxylation is 2. The lowest BCUT2D eigenvalue weighted by molar-refractivity contribution is 0.111. The standard InChI is InChI=1S/C19H25N5OS/c1-3-14-7-18(23-22-16(14)4-1)24-11-13(12-24)8-20-9-15-10-21-19(26-15)17-5-2-6-25-17/h7,10,13,17,20H,1-6,8-9,11-12H2. The second-order valence-electron chi connectivity index (χ2n) is 7.60. The van der Waals surface area contributed by atoms with Gasteiger partial charge in [0.15, 0.2) is 5.82 Å². The third-order valence-electron chi connectivity index (χ3n) is 5.60. The van der Waals surface area contributed by atoms with Gasteiger partial charge in [0, 0.05) is 49.8 Å². The van der Waals surface area contributed by atoms with Crippen molar-refractivity contribution in [2.75, 3.05) is 31.1 Å². The number of hydrogen-bond acceptors (Lipinski definition) is 7. The summed E-state index contributed by atoms with van der Waals surface area (Å²) in [4.78, 5) is 8.19. The van der Waals surface area contributed by atoms with E-state index >= 15 is 0 Å². The first kappa shape index (κ1) is 16.6. The molecular weight excluding hydrogens is 346 g/mol. The Morgan fingerprint density at radius 1 is 1.23 bits per heavy atom. The third kappa shape index (κ3) is 3.35. The predicted molar refractivity (Wildman–Crippen MR) is 102 cm³/mol. The Labute approximate surface area is 158 Å². The summed E-state index contributed by atoms with van der Waals surface area (Å²) < 4.78 is 5.71. The lowest BCUT2D eigenvalue weighted by Crippen LogP contribution is -2.51. The SMILES string of the molecule is c1nc(C2CCCO2)sc1CNCC1CN(c2cc3c(nn2)CCC3)C1. The number of fused-ring (bicyclic) bond motifs is 1. The molecule has 2 aliphatic heterocycles. The lowest BCUT2D eigenvalue weighted by atomic mass is 10.00. The molecule has 0 amide bonds. The summed E-state index contributed by atoms with van der Waals surface area (Å²) in [7, 11) is 0. The summed E-state index contributed by atoms with van der Waals surface area (Å²) in [6.45, 7) is 4.97. The maximum atomic E-state index is 5.71. The fraction of sp³-hybridized carbons (Fsp3) is 0.632. The molecule has 1 atom stereocenters. The number of anilines is 1. The van der Waals surface area contributed by atoms with E-state index in [-0.39, 0.29) is 6.10 Å². The smallest absolute Gasteiger partial charge is 0.151 e. The summed E-state index contributed by atoms with van der Waals surface area (Å²) in [6, 6.07) is 2.25. The molecule has 6 nitrogen and oxygen atoms in total. The zero-order valence-electron chi connectivity index (χ0n) is 15.0. The molecule has 0 aromatic carbocycles. The van der Waals surface area contributed by atoms with Gasteiger partial charge < -0.3 is 15.0 Å². The molecule has 1 N–H and O–H groups in total. The van der Waals surface area contributed by atoms with Crippen molar-refractivity contribution in [3.63, 3.8) is 0 Å². The van der Waals surface area contributed by atoms with Crippen LogP contribution in [0.5, 0.6) is 0 Å². The molecule has 2 saturated heterocycles. The van der Waals surface area contributed by atoms with Crippen molar-refractivity contribution in [3.8, 4) is 0 Å². The van der Waals surface area contributed by atoms with Crippen LogP contribution >= 0.6 is 11.3 Å². The van der Waals surface area contributed by atoms with Gasteiger partial charge in [0.2, 0.25) is 0 Å². The van der Waals surface area contributed by atoms with Gasteiger partial charge in [-0.05, 0) is 43.7 Å². The first-order valence-corrected chi connectivity index (χ1v) is 10.5. The summed E-state index contributed by atoms with van der Waals surface area (Å²) in [6.07, 6.45) is 8.01. The van der Waals surface area contributed by atoms with Gasteiger partial charge in [-0.3, -0.25) is 0 Å². The van der Waals surface area contributed by atoms with Gasteiger partial charge in [-0.25, -0.2) is 4.98 Å². The topological polar surface area (TPSA) is 63.2 Å². The monoisotopic (exact) mass is 371 g/mol. The zero-order chi connectivity index (χ0) is 17.3. The van der Waals surface area contributed by atoms with Crippen molar-refractivity contribution in [3.05, 3.63) is 33.4 Å². The summed E-state index contributed by atoms with van der Waals surface area (Å²) in [5.74, 6) is 1.75. The number of hydrogen-bond donors (Lipinski definition) is 1. The fourth-order valence-electron chi connectivity index (χ4n) is 4.08. The van der Waals surface area contributed by atoms with Gasteiger partial charge in [0.05, 0.1) is 5.69 Å². The molecule has 0 spiro atoms. The molecule has 1 aliphatic carbocycles. The van der Waals surface area contributed by atoms with Crippen molar-refractivity contribution < 1.29 is 4.74 Å². The van der Waals surface area contributed by atoms with Gasteiger partial charge in [-0.15, -0.1) is 16.4 Å². The molecule has 0 saturated carbocycles. The van der Waals surface area contributed by atoms with Crippen LogP contribution < -0.4 is 10.2 Å². The second-order valence-corrected chi connectivity index (χ2v) is 8.74. The minimum atomic E-state index is 0.238. The second kappa shape index (κ2) is 7.21. The highest BCUT2D eigenvalue weighted by Crippen LogP contribution is 2.31. The molecule has 5 rings (SSSR count). The van der Waals surface area contributed by atoms with Gasteiger partial charge in [0.25, 0.3) is 0 Å². The van der Waals surface area contributed by atoms with E-state index < -0.39 is 0 Å². The lowest BCUT2D eigenvalue weighted by Gasteiger charge is -2.40. The van der Waals surface area contributed by atoms with Crippen LogP contribution in [0.15, 0.2) is 12.3 Å². The highest BCUT2D eigenvalue weighted by molar-refractivity contribution is 7.11. The molecular formula is C19H25N5OS. The van der Waals surface area contributed by atoms with E-state index in [2.05, 4.69) is 31.5 Å². The Morgan fingerprint density at radius 3 is 3.08 bits per heavy atom. The van der Waals surface area contributed by atoms with Crippen LogP contribution in [0, 0.1) is 5.92 Å². The van der Waals surface area contributed by atoms with Crippen LogP contribution in [0.4, 0.5) is 5.82 Å². The fourth-order valence-corrected chi connectivity index (χ4v) is 5.05. The highest BCUT2D eigenvalue weighted by Gasteiger charge is 2.28. The number of thiazole rings is 1. The van der Waals surface area contributed by atoms with Crippen molar-refractivity contribution in [1.29, 1.82) is 0 Å². The third-order valence-corrected chi connectivity index (χ3v) is 6.69. The van der Waals surface area contributed by atoms with Gasteiger partial charge in [-0.1, -0.05) is 0 Å². The van der Waals surface area contributed by atoms with Crippen LogP contribution in [0.25, 0.3) is 0 Å². The first-order valence-electron chi connectivity index (χ1n) is 9.72. The van der Waals surface area contributed by atoms with Crippen LogP contribution in [0.3, 0.4) is 0 Å². The van der Waals surface area contributed by atoms with E-state index in [0.29, 0.717) is 5.92 Å². The summed E-state index contributed by atoms with van der Waals surface area (Å²) >= 11 is 1.79. The number of rotatable bonds is 6. The van der Waals surface area contributed by atoms with E-state index in [0.717, 1.165) is 62.9 Å². The molecule has 1 unspecified atom stereocenters. The van der Waals surface area contributed by atoms with Crippen molar-refractivity contribution in [2.45, 2.75) is 44.8 Å². The minimum absolute atomic E-state index is 0.238. The first-order chi connectivity index (χ1) is 12.8. The maximum absolute atomic E-state index is 5.71. The number of ether oxygens (including phenoxy) is 1. The average Bonchev–Trinajstić information content (AvgIpc) is 3.37. The number of nitrogens with zero attached hydrogens (tertiary/aromatic N) is 4. The predicted octanol–water partition coefficient (Wildman–Crippen LogP) is 2.50. The molecule has 138 valence electrons. The Balaban J connectivity index is 1.06. The zero-order valence-corrected chi connectivity index (χ0v) is 15.8. The molecule has 7 heteroatoms. The maximum Gasteiger partial charge on any atom is 0.151 e. The minimum Gasteiger partial charge on any atom is -0.371 e. The Hall–Kier alpha value is -1.57. The molecule has 4 heterocycles. The van der Waals surface area contributed by atoms with Crippen molar-refractivity contribution in [1.82, 2.24) is 20.5 Å². The molecule has 26 heavy (non-hydrogen) atoms. The van der Waals surface area contributed by atoms with Crippen molar-refractivity contribution >= 4 is 17.2 Å². The normalized spacial score (nSPS) is 22.6. The number of aromatic nitrogens is 3. The molecule has 2 fully saturated rings.